The number of ether oxygens (including phenoxy) is 1. The second-order valence-corrected chi connectivity index (χ2v) is 4.20. The van der Waals surface area contributed by atoms with Crippen LogP contribution in [-0.2, 0) is 4.79 Å². The highest BCUT2D eigenvalue weighted by Crippen LogP contribution is 2.48. The van der Waals surface area contributed by atoms with Gasteiger partial charge in [0.25, 0.3) is 0 Å². The number of carboxylic acids is 1. The van der Waals surface area contributed by atoms with Crippen LogP contribution < -0.4 is 4.74 Å². The molecule has 128 valence electrons. The van der Waals surface area contributed by atoms with E-state index in [1.807, 2.05) is 0 Å². The van der Waals surface area contributed by atoms with Gasteiger partial charge in [0.2, 0.25) is 5.78 Å². The van der Waals surface area contributed by atoms with Gasteiger partial charge in [-0.15, -0.1) is 0 Å². The standard InChI is InChI=1S/C12H7F7O4/c1-23-7-3-2-5(13)4-6(7)8(20)10(14,15)12(18,19)11(16,17)9(21)22/h2-4H,1H3,(H,21,22). The van der Waals surface area contributed by atoms with Crippen molar-refractivity contribution >= 4 is 11.8 Å². The van der Waals surface area contributed by atoms with E-state index in [0.29, 0.717) is 12.1 Å². The van der Waals surface area contributed by atoms with Crippen LogP contribution >= 0.6 is 0 Å². The third-order valence-electron chi connectivity index (χ3n) is 2.75. The highest BCUT2D eigenvalue weighted by Gasteiger charge is 2.78. The van der Waals surface area contributed by atoms with Crippen molar-refractivity contribution in [3.05, 3.63) is 29.6 Å². The Morgan fingerprint density at radius 1 is 1.04 bits per heavy atom. The SMILES string of the molecule is COc1ccc(F)cc1C(=O)C(F)(F)C(F)(F)C(F)(F)C(=O)O. The predicted octanol–water partition coefficient (Wildman–Crippen LogP) is 3.01. The lowest BCUT2D eigenvalue weighted by atomic mass is 9.95. The Kier molecular flexibility index (Phi) is 4.64. The maximum Gasteiger partial charge on any atom is 0.411 e. The average Bonchev–Trinajstić information content (AvgIpc) is 2.45. The largest absolute Gasteiger partial charge is 0.496 e. The molecule has 0 aromatic heterocycles. The van der Waals surface area contributed by atoms with Crippen LogP contribution in [0.4, 0.5) is 30.7 Å². The molecule has 0 unspecified atom stereocenters. The first kappa shape index (κ1) is 18.7. The van der Waals surface area contributed by atoms with Crippen molar-refractivity contribution in [3.8, 4) is 5.75 Å². The molecule has 1 rings (SSSR count). The summed E-state index contributed by atoms with van der Waals surface area (Å²) < 4.78 is 96.8. The van der Waals surface area contributed by atoms with Crippen LogP contribution in [0.5, 0.6) is 5.75 Å². The van der Waals surface area contributed by atoms with Gasteiger partial charge in [-0.2, -0.15) is 26.3 Å². The first-order chi connectivity index (χ1) is 10.3. The normalized spacial score (nSPS) is 12.9. The van der Waals surface area contributed by atoms with Crippen LogP contribution in [-0.4, -0.2) is 41.7 Å². The molecule has 0 radical (unpaired) electrons. The van der Waals surface area contributed by atoms with Gasteiger partial charge in [-0.05, 0) is 18.2 Å². The highest BCUT2D eigenvalue weighted by atomic mass is 19.3. The maximum absolute atomic E-state index is 13.6. The highest BCUT2D eigenvalue weighted by molar-refractivity contribution is 6.04. The first-order valence-corrected chi connectivity index (χ1v) is 5.56. The lowest BCUT2D eigenvalue weighted by Gasteiger charge is -2.29. The molecular weight excluding hydrogens is 341 g/mol. The summed E-state index contributed by atoms with van der Waals surface area (Å²) in [5.74, 6) is -27.5. The number of alkyl halides is 6. The van der Waals surface area contributed by atoms with Crippen molar-refractivity contribution in [3.63, 3.8) is 0 Å². The fourth-order valence-corrected chi connectivity index (χ4v) is 1.50. The summed E-state index contributed by atoms with van der Waals surface area (Å²) in [6, 6.07) is 1.34. The molecule has 0 saturated heterocycles. The maximum atomic E-state index is 13.6. The van der Waals surface area contributed by atoms with Crippen molar-refractivity contribution in [1.82, 2.24) is 0 Å². The van der Waals surface area contributed by atoms with Gasteiger partial charge in [-0.1, -0.05) is 0 Å². The van der Waals surface area contributed by atoms with Crippen LogP contribution in [0.3, 0.4) is 0 Å². The van der Waals surface area contributed by atoms with Crippen molar-refractivity contribution in [2.45, 2.75) is 17.8 Å². The van der Waals surface area contributed by atoms with E-state index in [1.54, 1.807) is 0 Å². The van der Waals surface area contributed by atoms with Gasteiger partial charge >= 0.3 is 23.7 Å². The monoisotopic (exact) mass is 348 g/mol. The number of aliphatic carboxylic acids is 1. The predicted molar refractivity (Wildman–Crippen MR) is 59.8 cm³/mol. The lowest BCUT2D eigenvalue weighted by molar-refractivity contribution is -0.285. The number of ketones is 1. The summed E-state index contributed by atoms with van der Waals surface area (Å²) in [6.07, 6.45) is 0. The number of benzene rings is 1. The second kappa shape index (κ2) is 5.70. The van der Waals surface area contributed by atoms with Gasteiger partial charge in [-0.3, -0.25) is 4.79 Å². The summed E-state index contributed by atoms with van der Waals surface area (Å²) >= 11 is 0. The zero-order chi connectivity index (χ0) is 18.2. The Morgan fingerprint density at radius 3 is 2.00 bits per heavy atom. The zero-order valence-electron chi connectivity index (χ0n) is 11.0. The Balaban J connectivity index is 3.46. The van der Waals surface area contributed by atoms with Crippen molar-refractivity contribution in [2.24, 2.45) is 0 Å². The quantitative estimate of drug-likeness (QED) is 0.634. The van der Waals surface area contributed by atoms with E-state index in [9.17, 15) is 40.3 Å². The first-order valence-electron chi connectivity index (χ1n) is 5.56. The number of rotatable bonds is 6. The number of methoxy groups -OCH3 is 1. The molecule has 0 fully saturated rings. The van der Waals surface area contributed by atoms with Crippen molar-refractivity contribution in [1.29, 1.82) is 0 Å². The summed E-state index contributed by atoms with van der Waals surface area (Å²) in [5.41, 5.74) is -1.45. The third-order valence-corrected chi connectivity index (χ3v) is 2.75. The lowest BCUT2D eigenvalue weighted by Crippen LogP contribution is -2.61. The molecule has 0 aliphatic heterocycles. The Hall–Kier alpha value is -2.33. The number of hydrogen-bond donors (Lipinski definition) is 1. The number of hydrogen-bond acceptors (Lipinski definition) is 3. The summed E-state index contributed by atoms with van der Waals surface area (Å²) in [6.45, 7) is 0. The van der Waals surface area contributed by atoms with Gasteiger partial charge in [0.05, 0.1) is 12.7 Å². The smallest absolute Gasteiger partial charge is 0.411 e. The van der Waals surface area contributed by atoms with Crippen LogP contribution in [0, 0.1) is 5.82 Å². The van der Waals surface area contributed by atoms with Gasteiger partial charge in [0.15, 0.2) is 0 Å². The minimum absolute atomic E-state index is 0.0735. The molecule has 1 N–H and O–H groups in total. The number of halogens is 7. The Morgan fingerprint density at radius 2 is 1.57 bits per heavy atom. The van der Waals surface area contributed by atoms with E-state index in [2.05, 4.69) is 4.74 Å². The molecule has 1 aromatic carbocycles. The summed E-state index contributed by atoms with van der Waals surface area (Å²) in [5, 5.41) is 7.98. The van der Waals surface area contributed by atoms with Gasteiger partial charge in [0, 0.05) is 0 Å². The molecule has 0 aliphatic rings. The molecule has 0 heterocycles. The molecule has 0 spiro atoms. The van der Waals surface area contributed by atoms with Gasteiger partial charge in [-0.25, -0.2) is 9.18 Å². The minimum Gasteiger partial charge on any atom is -0.496 e. The number of carbonyl (C=O) groups is 2. The van der Waals surface area contributed by atoms with E-state index < -0.39 is 46.7 Å². The van der Waals surface area contributed by atoms with E-state index in [1.165, 1.54) is 0 Å². The Bertz CT molecular complexity index is 642. The molecule has 0 amide bonds. The fourth-order valence-electron chi connectivity index (χ4n) is 1.50. The minimum atomic E-state index is -6.57. The van der Waals surface area contributed by atoms with E-state index in [4.69, 9.17) is 5.11 Å². The average molecular weight is 348 g/mol. The van der Waals surface area contributed by atoms with Crippen LogP contribution in [0.1, 0.15) is 10.4 Å². The van der Waals surface area contributed by atoms with Crippen LogP contribution in [0.15, 0.2) is 18.2 Å². The van der Waals surface area contributed by atoms with E-state index >= 15 is 0 Å². The number of Topliss-reactive ketones (excluding diaryl/α,β-unsaturated/α-hetero) is 1. The molecule has 0 aliphatic carbocycles. The molecule has 23 heavy (non-hydrogen) atoms. The number of carbonyl (C=O) groups excluding carboxylic acids is 1. The number of carboxylic acid groups (broad SMARTS) is 1. The second-order valence-electron chi connectivity index (χ2n) is 4.20. The summed E-state index contributed by atoms with van der Waals surface area (Å²) in [7, 11) is 0.826. The molecule has 1 aromatic rings. The zero-order valence-corrected chi connectivity index (χ0v) is 11.0. The summed E-state index contributed by atoms with van der Waals surface area (Å²) in [4.78, 5) is 21.6. The molecule has 0 bridgehead atoms. The molecule has 4 nitrogen and oxygen atoms in total. The van der Waals surface area contributed by atoms with Crippen molar-refractivity contribution < 1.29 is 50.2 Å². The fraction of sp³-hybridized carbons (Fsp3) is 0.333. The van der Waals surface area contributed by atoms with Crippen molar-refractivity contribution in [2.75, 3.05) is 7.11 Å². The van der Waals surface area contributed by atoms with Gasteiger partial charge < -0.3 is 9.84 Å². The molecule has 0 atom stereocenters. The molecule has 11 heteroatoms. The topological polar surface area (TPSA) is 63.6 Å². The third kappa shape index (κ3) is 2.82. The molecule has 0 saturated carbocycles. The van der Waals surface area contributed by atoms with Gasteiger partial charge in [0.1, 0.15) is 11.6 Å². The molecular formula is C12H7F7O4. The Labute approximate surface area is 123 Å². The van der Waals surface area contributed by atoms with Crippen LogP contribution in [0.2, 0.25) is 0 Å². The van der Waals surface area contributed by atoms with Crippen LogP contribution in [0.25, 0.3) is 0 Å². The van der Waals surface area contributed by atoms with E-state index in [0.717, 1.165) is 7.11 Å². The van der Waals surface area contributed by atoms with E-state index in [-0.39, 0.29) is 6.07 Å².